The predicted molar refractivity (Wildman–Crippen MR) is 54.5 cm³/mol. The molecule has 0 bridgehead atoms. The van der Waals surface area contributed by atoms with Crippen LogP contribution in [0.3, 0.4) is 0 Å². The Morgan fingerprint density at radius 2 is 2.08 bits per heavy atom. The molecule has 0 aliphatic carbocycles. The van der Waals surface area contributed by atoms with Crippen molar-refractivity contribution in [1.82, 2.24) is 9.97 Å². The summed E-state index contributed by atoms with van der Waals surface area (Å²) < 4.78 is 0. The van der Waals surface area contributed by atoms with E-state index >= 15 is 0 Å². The van der Waals surface area contributed by atoms with Crippen LogP contribution in [-0.2, 0) is 0 Å². The summed E-state index contributed by atoms with van der Waals surface area (Å²) in [5, 5.41) is 10.2. The number of rotatable bonds is 4. The Labute approximate surface area is 90.5 Å². The molecule has 1 aromatic rings. The van der Waals surface area contributed by atoms with Crippen molar-refractivity contribution >= 4 is 35.0 Å². The van der Waals surface area contributed by atoms with Crippen molar-refractivity contribution in [3.8, 4) is 0 Å². The van der Waals surface area contributed by atoms with Gasteiger partial charge < -0.3 is 5.11 Å². The number of nitrogens with zero attached hydrogens (tertiary/aromatic N) is 2. The molecule has 0 fully saturated rings. The van der Waals surface area contributed by atoms with Crippen molar-refractivity contribution in [2.75, 3.05) is 11.6 Å². The minimum atomic E-state index is -0.522. The average molecular weight is 239 g/mol. The standard InChI is InChI=1S/C7H8Cl2N2OS/c8-1-6(12)4-13-7-10-2-5(9)3-11-7/h2-3,6,12H,1,4H2. The molecule has 1 aromatic heterocycles. The van der Waals surface area contributed by atoms with E-state index in [4.69, 9.17) is 28.3 Å². The van der Waals surface area contributed by atoms with Gasteiger partial charge in [-0.1, -0.05) is 23.4 Å². The van der Waals surface area contributed by atoms with E-state index < -0.39 is 6.10 Å². The maximum Gasteiger partial charge on any atom is 0.187 e. The number of aliphatic hydroxyl groups excluding tert-OH is 1. The summed E-state index contributed by atoms with van der Waals surface area (Å²) in [6, 6.07) is 0. The summed E-state index contributed by atoms with van der Waals surface area (Å²) in [6.45, 7) is 0. The molecule has 1 atom stereocenters. The van der Waals surface area contributed by atoms with Gasteiger partial charge in [-0.3, -0.25) is 0 Å². The number of thioether (sulfide) groups is 1. The molecule has 6 heteroatoms. The topological polar surface area (TPSA) is 46.0 Å². The lowest BCUT2D eigenvalue weighted by molar-refractivity contribution is 0.223. The van der Waals surface area contributed by atoms with Crippen LogP contribution in [0.5, 0.6) is 0 Å². The Morgan fingerprint density at radius 1 is 1.46 bits per heavy atom. The van der Waals surface area contributed by atoms with Gasteiger partial charge in [0.15, 0.2) is 5.16 Å². The zero-order valence-corrected chi connectivity index (χ0v) is 8.98. The number of halogens is 2. The summed E-state index contributed by atoms with van der Waals surface area (Å²) in [5.41, 5.74) is 0. The molecule has 72 valence electrons. The highest BCUT2D eigenvalue weighted by atomic mass is 35.5. The lowest BCUT2D eigenvalue weighted by Gasteiger charge is -2.03. The van der Waals surface area contributed by atoms with E-state index in [0.29, 0.717) is 15.9 Å². The van der Waals surface area contributed by atoms with Crippen LogP contribution < -0.4 is 0 Å². The fourth-order valence-electron chi connectivity index (χ4n) is 0.590. The molecule has 1 rings (SSSR count). The van der Waals surface area contributed by atoms with Crippen LogP contribution in [0.4, 0.5) is 0 Å². The summed E-state index contributed by atoms with van der Waals surface area (Å²) in [5.74, 6) is 0.714. The smallest absolute Gasteiger partial charge is 0.187 e. The van der Waals surface area contributed by atoms with Gasteiger partial charge >= 0.3 is 0 Å². The van der Waals surface area contributed by atoms with Gasteiger partial charge in [0.25, 0.3) is 0 Å². The van der Waals surface area contributed by atoms with E-state index in [-0.39, 0.29) is 5.88 Å². The predicted octanol–water partition coefficient (Wildman–Crippen LogP) is 1.82. The van der Waals surface area contributed by atoms with Gasteiger partial charge in [-0.25, -0.2) is 9.97 Å². The van der Waals surface area contributed by atoms with E-state index in [1.807, 2.05) is 0 Å². The lowest BCUT2D eigenvalue weighted by atomic mass is 10.5. The summed E-state index contributed by atoms with van der Waals surface area (Å²) in [7, 11) is 0. The summed E-state index contributed by atoms with van der Waals surface area (Å²) in [4.78, 5) is 7.90. The zero-order valence-electron chi connectivity index (χ0n) is 6.65. The van der Waals surface area contributed by atoms with Crippen molar-refractivity contribution in [2.24, 2.45) is 0 Å². The zero-order chi connectivity index (χ0) is 9.68. The molecule has 0 aliphatic rings. The third-order valence-electron chi connectivity index (χ3n) is 1.18. The minimum Gasteiger partial charge on any atom is -0.391 e. The van der Waals surface area contributed by atoms with E-state index in [1.54, 1.807) is 0 Å². The SMILES string of the molecule is OC(CCl)CSc1ncc(Cl)cn1. The van der Waals surface area contributed by atoms with Crippen LogP contribution >= 0.6 is 35.0 Å². The van der Waals surface area contributed by atoms with E-state index in [2.05, 4.69) is 9.97 Å². The highest BCUT2D eigenvalue weighted by molar-refractivity contribution is 7.99. The maximum atomic E-state index is 9.14. The number of hydrogen-bond donors (Lipinski definition) is 1. The Balaban J connectivity index is 2.41. The first-order valence-corrected chi connectivity index (χ1v) is 5.46. The van der Waals surface area contributed by atoms with Crippen molar-refractivity contribution in [3.05, 3.63) is 17.4 Å². The lowest BCUT2D eigenvalue weighted by Crippen LogP contribution is -2.11. The van der Waals surface area contributed by atoms with Gasteiger partial charge in [-0.2, -0.15) is 0 Å². The second-order valence-corrected chi connectivity index (χ2v) is 4.04. The number of aromatic nitrogens is 2. The highest BCUT2D eigenvalue weighted by Crippen LogP contribution is 2.15. The van der Waals surface area contributed by atoms with Crippen LogP contribution in [0, 0.1) is 0 Å². The molecule has 0 spiro atoms. The third-order valence-corrected chi connectivity index (χ3v) is 2.75. The third kappa shape index (κ3) is 4.13. The van der Waals surface area contributed by atoms with Gasteiger partial charge in [-0.05, 0) is 0 Å². The Morgan fingerprint density at radius 3 is 2.62 bits per heavy atom. The van der Waals surface area contributed by atoms with Gasteiger partial charge in [0.05, 0.1) is 23.5 Å². The fourth-order valence-corrected chi connectivity index (χ4v) is 1.64. The molecule has 0 aliphatic heterocycles. The van der Waals surface area contributed by atoms with E-state index in [9.17, 15) is 0 Å². The quantitative estimate of drug-likeness (QED) is 0.494. The van der Waals surface area contributed by atoms with Gasteiger partial charge in [0, 0.05) is 11.6 Å². The second kappa shape index (κ2) is 5.65. The molecule has 0 saturated carbocycles. The van der Waals surface area contributed by atoms with Crippen LogP contribution in [0.25, 0.3) is 0 Å². The molecular weight excluding hydrogens is 231 g/mol. The first kappa shape index (κ1) is 11.0. The molecular formula is C7H8Cl2N2OS. The summed E-state index contributed by atoms with van der Waals surface area (Å²) in [6.07, 6.45) is 2.51. The second-order valence-electron chi connectivity index (χ2n) is 2.30. The first-order chi connectivity index (χ1) is 6.22. The molecule has 1 unspecified atom stereocenters. The van der Waals surface area contributed by atoms with Crippen molar-refractivity contribution in [2.45, 2.75) is 11.3 Å². The summed E-state index contributed by atoms with van der Waals surface area (Å²) >= 11 is 12.4. The monoisotopic (exact) mass is 238 g/mol. The van der Waals surface area contributed by atoms with Gasteiger partial charge in [0.1, 0.15) is 0 Å². The normalized spacial score (nSPS) is 12.8. The van der Waals surface area contributed by atoms with E-state index in [1.165, 1.54) is 24.2 Å². The Kier molecular flexibility index (Phi) is 4.80. The van der Waals surface area contributed by atoms with Crippen molar-refractivity contribution in [1.29, 1.82) is 0 Å². The number of aliphatic hydroxyl groups is 1. The molecule has 0 saturated heterocycles. The average Bonchev–Trinajstić information content (AvgIpc) is 2.16. The van der Waals surface area contributed by atoms with E-state index in [0.717, 1.165) is 0 Å². The largest absolute Gasteiger partial charge is 0.391 e. The molecule has 0 radical (unpaired) electrons. The molecule has 1 heterocycles. The van der Waals surface area contributed by atoms with Gasteiger partial charge in [-0.15, -0.1) is 11.6 Å². The highest BCUT2D eigenvalue weighted by Gasteiger charge is 2.04. The van der Waals surface area contributed by atoms with Crippen LogP contribution in [0.2, 0.25) is 5.02 Å². The Hall–Kier alpha value is -0.0300. The van der Waals surface area contributed by atoms with Crippen molar-refractivity contribution < 1.29 is 5.11 Å². The molecule has 3 nitrogen and oxygen atoms in total. The Bertz CT molecular complexity index is 257. The molecule has 13 heavy (non-hydrogen) atoms. The van der Waals surface area contributed by atoms with Gasteiger partial charge in [0.2, 0.25) is 0 Å². The van der Waals surface area contributed by atoms with Crippen molar-refractivity contribution in [3.63, 3.8) is 0 Å². The molecule has 0 aromatic carbocycles. The fraction of sp³-hybridized carbons (Fsp3) is 0.429. The number of alkyl halides is 1. The first-order valence-electron chi connectivity index (χ1n) is 3.56. The van der Waals surface area contributed by atoms with Crippen LogP contribution in [-0.4, -0.2) is 32.8 Å². The maximum absolute atomic E-state index is 9.14. The van der Waals surface area contributed by atoms with Crippen LogP contribution in [0.1, 0.15) is 0 Å². The molecule has 0 amide bonds. The minimum absolute atomic E-state index is 0.223. The molecule has 1 N–H and O–H groups in total. The number of hydrogen-bond acceptors (Lipinski definition) is 4. The van der Waals surface area contributed by atoms with Crippen LogP contribution in [0.15, 0.2) is 17.6 Å².